The van der Waals surface area contributed by atoms with Crippen molar-refractivity contribution in [3.63, 3.8) is 0 Å². The number of hydrogen-bond donors (Lipinski definition) is 2. The molecule has 1 aliphatic rings. The van der Waals surface area contributed by atoms with E-state index in [1.165, 1.54) is 24.0 Å². The Hall–Kier alpha value is -2.11. The van der Waals surface area contributed by atoms with Crippen LogP contribution in [0.1, 0.15) is 25.3 Å². The number of urea groups is 1. The van der Waals surface area contributed by atoms with Crippen LogP contribution < -0.4 is 5.32 Å². The highest BCUT2D eigenvalue weighted by Gasteiger charge is 2.48. The van der Waals surface area contributed by atoms with Crippen molar-refractivity contribution >= 4 is 12.0 Å². The molecule has 0 heterocycles. The third-order valence-electron chi connectivity index (χ3n) is 3.86. The second-order valence-corrected chi connectivity index (χ2v) is 5.70. The van der Waals surface area contributed by atoms with Crippen LogP contribution in [0.2, 0.25) is 0 Å². The Kier molecular flexibility index (Phi) is 4.16. The SMILES string of the molecule is CN(Cc1cccc(F)c1)C(=O)NC(C)(C(=O)O)C1CC1. The van der Waals surface area contributed by atoms with E-state index in [1.54, 1.807) is 19.2 Å². The molecule has 21 heavy (non-hydrogen) atoms. The molecule has 0 radical (unpaired) electrons. The molecule has 114 valence electrons. The zero-order chi connectivity index (χ0) is 15.6. The van der Waals surface area contributed by atoms with Crippen LogP contribution in [0.4, 0.5) is 9.18 Å². The summed E-state index contributed by atoms with van der Waals surface area (Å²) in [6.07, 6.45) is 1.60. The van der Waals surface area contributed by atoms with Crippen LogP contribution in [-0.4, -0.2) is 34.6 Å². The van der Waals surface area contributed by atoms with Crippen molar-refractivity contribution in [2.24, 2.45) is 5.92 Å². The summed E-state index contributed by atoms with van der Waals surface area (Å²) in [6.45, 7) is 1.74. The summed E-state index contributed by atoms with van der Waals surface area (Å²) in [5.74, 6) is -1.42. The second-order valence-electron chi connectivity index (χ2n) is 5.70. The van der Waals surface area contributed by atoms with Gasteiger partial charge in [-0.25, -0.2) is 14.0 Å². The van der Waals surface area contributed by atoms with Crippen molar-refractivity contribution in [3.05, 3.63) is 35.6 Å². The first-order valence-electron chi connectivity index (χ1n) is 6.84. The van der Waals surface area contributed by atoms with Gasteiger partial charge in [0, 0.05) is 13.6 Å². The number of aliphatic carboxylic acids is 1. The summed E-state index contributed by atoms with van der Waals surface area (Å²) in [5, 5.41) is 11.9. The number of halogens is 1. The average Bonchev–Trinajstić information content (AvgIpc) is 3.22. The van der Waals surface area contributed by atoms with Gasteiger partial charge in [0.05, 0.1) is 0 Å². The molecule has 0 aromatic heterocycles. The molecule has 1 fully saturated rings. The van der Waals surface area contributed by atoms with Crippen molar-refractivity contribution in [1.82, 2.24) is 10.2 Å². The number of carbonyl (C=O) groups excluding carboxylic acids is 1. The van der Waals surface area contributed by atoms with E-state index in [-0.39, 0.29) is 18.3 Å². The van der Waals surface area contributed by atoms with E-state index >= 15 is 0 Å². The molecule has 0 bridgehead atoms. The minimum absolute atomic E-state index is 0.0264. The predicted octanol–water partition coefficient (Wildman–Crippen LogP) is 2.22. The summed E-state index contributed by atoms with van der Waals surface area (Å²) in [6, 6.07) is 5.49. The third-order valence-corrected chi connectivity index (χ3v) is 3.86. The highest BCUT2D eigenvalue weighted by atomic mass is 19.1. The Bertz CT molecular complexity index is 560. The van der Waals surface area contributed by atoms with Crippen molar-refractivity contribution in [1.29, 1.82) is 0 Å². The standard InChI is InChI=1S/C15H19FN2O3/c1-15(13(19)20,11-6-7-11)17-14(21)18(2)9-10-4-3-5-12(16)8-10/h3-5,8,11H,6-7,9H2,1-2H3,(H,17,21)(H,19,20). The third kappa shape index (κ3) is 3.51. The molecule has 1 aromatic carbocycles. The highest BCUT2D eigenvalue weighted by molar-refractivity contribution is 5.86. The van der Waals surface area contributed by atoms with E-state index in [2.05, 4.69) is 5.32 Å². The van der Waals surface area contributed by atoms with Gasteiger partial charge in [-0.3, -0.25) is 0 Å². The fourth-order valence-corrected chi connectivity index (χ4v) is 2.29. The molecule has 2 amide bonds. The minimum atomic E-state index is -1.24. The number of carbonyl (C=O) groups is 2. The van der Waals surface area contributed by atoms with Crippen molar-refractivity contribution in [2.75, 3.05) is 7.05 Å². The maximum atomic E-state index is 13.1. The summed E-state index contributed by atoms with van der Waals surface area (Å²) in [4.78, 5) is 24.9. The Balaban J connectivity index is 2.00. The zero-order valence-corrected chi connectivity index (χ0v) is 12.1. The van der Waals surface area contributed by atoms with E-state index in [4.69, 9.17) is 0 Å². The molecule has 5 nitrogen and oxygen atoms in total. The quantitative estimate of drug-likeness (QED) is 0.875. The molecule has 0 spiro atoms. The smallest absolute Gasteiger partial charge is 0.329 e. The lowest BCUT2D eigenvalue weighted by molar-refractivity contribution is -0.144. The number of rotatable bonds is 5. The van der Waals surface area contributed by atoms with Crippen molar-refractivity contribution in [3.8, 4) is 0 Å². The van der Waals surface area contributed by atoms with Crippen LogP contribution in [0.3, 0.4) is 0 Å². The van der Waals surface area contributed by atoms with Gasteiger partial charge < -0.3 is 15.3 Å². The molecule has 0 saturated heterocycles. The molecule has 1 aromatic rings. The van der Waals surface area contributed by atoms with Gasteiger partial charge in [0.2, 0.25) is 0 Å². The summed E-state index contributed by atoms with van der Waals surface area (Å²) < 4.78 is 13.1. The highest BCUT2D eigenvalue weighted by Crippen LogP contribution is 2.39. The molecule has 2 rings (SSSR count). The van der Waals surface area contributed by atoms with Gasteiger partial charge in [-0.1, -0.05) is 12.1 Å². The molecule has 1 atom stereocenters. The Morgan fingerprint density at radius 3 is 2.67 bits per heavy atom. The van der Waals surface area contributed by atoms with Gasteiger partial charge in [-0.15, -0.1) is 0 Å². The van der Waals surface area contributed by atoms with E-state index < -0.39 is 17.5 Å². The number of amides is 2. The second kappa shape index (κ2) is 5.71. The largest absolute Gasteiger partial charge is 0.480 e. The van der Waals surface area contributed by atoms with Gasteiger partial charge in [-0.05, 0) is 43.4 Å². The maximum Gasteiger partial charge on any atom is 0.329 e. The summed E-state index contributed by atoms with van der Waals surface area (Å²) >= 11 is 0. The minimum Gasteiger partial charge on any atom is -0.480 e. The van der Waals surface area contributed by atoms with Crippen LogP contribution in [0.15, 0.2) is 24.3 Å². The molecule has 0 aliphatic heterocycles. The first-order valence-corrected chi connectivity index (χ1v) is 6.84. The Morgan fingerprint density at radius 2 is 2.14 bits per heavy atom. The normalized spacial score (nSPS) is 16.9. The van der Waals surface area contributed by atoms with Gasteiger partial charge in [0.1, 0.15) is 11.4 Å². The van der Waals surface area contributed by atoms with Crippen LogP contribution in [-0.2, 0) is 11.3 Å². The van der Waals surface area contributed by atoms with Gasteiger partial charge >= 0.3 is 12.0 Å². The molecule has 1 unspecified atom stereocenters. The van der Waals surface area contributed by atoms with E-state index in [1.807, 2.05) is 0 Å². The van der Waals surface area contributed by atoms with Gasteiger partial charge in [-0.2, -0.15) is 0 Å². The van der Waals surface area contributed by atoms with Crippen molar-refractivity contribution in [2.45, 2.75) is 31.8 Å². The van der Waals surface area contributed by atoms with E-state index in [0.717, 1.165) is 12.8 Å². The number of carboxylic acids is 1. The average molecular weight is 294 g/mol. The zero-order valence-electron chi connectivity index (χ0n) is 12.1. The fourth-order valence-electron chi connectivity index (χ4n) is 2.29. The lowest BCUT2D eigenvalue weighted by atomic mass is 9.96. The van der Waals surface area contributed by atoms with Gasteiger partial charge in [0.15, 0.2) is 0 Å². The van der Waals surface area contributed by atoms with E-state index in [0.29, 0.717) is 5.56 Å². The molecule has 2 N–H and O–H groups in total. The first-order chi connectivity index (χ1) is 9.83. The number of carboxylic acid groups (broad SMARTS) is 1. The first kappa shape index (κ1) is 15.3. The van der Waals surface area contributed by atoms with Gasteiger partial charge in [0.25, 0.3) is 0 Å². The number of hydrogen-bond acceptors (Lipinski definition) is 2. The lowest BCUT2D eigenvalue weighted by Crippen LogP contribution is -2.56. The summed E-state index contributed by atoms with van der Waals surface area (Å²) in [5.41, 5.74) is -0.594. The number of benzene rings is 1. The monoisotopic (exact) mass is 294 g/mol. The van der Waals surface area contributed by atoms with Crippen LogP contribution in [0.25, 0.3) is 0 Å². The Labute approximate surface area is 122 Å². The molecule has 1 aliphatic carbocycles. The molecular formula is C15H19FN2O3. The van der Waals surface area contributed by atoms with Crippen molar-refractivity contribution < 1.29 is 19.1 Å². The maximum absolute atomic E-state index is 13.1. The molecular weight excluding hydrogens is 275 g/mol. The molecule has 1 saturated carbocycles. The Morgan fingerprint density at radius 1 is 1.48 bits per heavy atom. The van der Waals surface area contributed by atoms with Crippen LogP contribution >= 0.6 is 0 Å². The van der Waals surface area contributed by atoms with Crippen LogP contribution in [0, 0.1) is 11.7 Å². The van der Waals surface area contributed by atoms with E-state index in [9.17, 15) is 19.1 Å². The predicted molar refractivity (Wildman–Crippen MR) is 75.2 cm³/mol. The lowest BCUT2D eigenvalue weighted by Gasteiger charge is -2.29. The summed E-state index contributed by atoms with van der Waals surface area (Å²) in [7, 11) is 1.55. The fraction of sp³-hybridized carbons (Fsp3) is 0.467. The number of nitrogens with zero attached hydrogens (tertiary/aromatic N) is 1. The van der Waals surface area contributed by atoms with Crippen LogP contribution in [0.5, 0.6) is 0 Å². The molecule has 6 heteroatoms. The topological polar surface area (TPSA) is 69.6 Å². The number of nitrogens with one attached hydrogen (secondary N) is 1.